The van der Waals surface area contributed by atoms with Gasteiger partial charge in [-0.2, -0.15) is 8.78 Å². The summed E-state index contributed by atoms with van der Waals surface area (Å²) in [5.41, 5.74) is 5.90. The molecule has 1 atom stereocenters. The van der Waals surface area contributed by atoms with E-state index in [1.807, 2.05) is 13.8 Å². The summed E-state index contributed by atoms with van der Waals surface area (Å²) in [6.07, 6.45) is 0. The van der Waals surface area contributed by atoms with Gasteiger partial charge in [0.15, 0.2) is 11.5 Å². The molecule has 21 heavy (non-hydrogen) atoms. The van der Waals surface area contributed by atoms with Crippen molar-refractivity contribution in [2.45, 2.75) is 39.5 Å². The van der Waals surface area contributed by atoms with Gasteiger partial charge in [-0.15, -0.1) is 0 Å². The van der Waals surface area contributed by atoms with Crippen molar-refractivity contribution < 1.29 is 23.0 Å². The molecular weight excluding hydrogens is 282 g/mol. The van der Waals surface area contributed by atoms with E-state index in [-0.39, 0.29) is 24.1 Å². The first-order valence-corrected chi connectivity index (χ1v) is 6.62. The van der Waals surface area contributed by atoms with Crippen molar-refractivity contribution in [3.63, 3.8) is 0 Å². The van der Waals surface area contributed by atoms with E-state index in [0.717, 1.165) is 0 Å². The average molecular weight is 302 g/mol. The Bertz CT molecular complexity index is 481. The van der Waals surface area contributed by atoms with Crippen LogP contribution in [0.5, 0.6) is 11.5 Å². The summed E-state index contributed by atoms with van der Waals surface area (Å²) in [4.78, 5) is 11.5. The molecular formula is C14H20F2N2O3. The van der Waals surface area contributed by atoms with E-state index >= 15 is 0 Å². The van der Waals surface area contributed by atoms with Crippen LogP contribution < -0.4 is 20.5 Å². The highest BCUT2D eigenvalue weighted by molar-refractivity contribution is 5.81. The smallest absolute Gasteiger partial charge is 0.387 e. The predicted molar refractivity (Wildman–Crippen MR) is 74.5 cm³/mol. The topological polar surface area (TPSA) is 73.6 Å². The van der Waals surface area contributed by atoms with Crippen LogP contribution in [-0.2, 0) is 4.79 Å². The zero-order valence-corrected chi connectivity index (χ0v) is 12.2. The molecule has 0 aliphatic carbocycles. The van der Waals surface area contributed by atoms with Gasteiger partial charge in [0, 0.05) is 6.04 Å². The fourth-order valence-electron chi connectivity index (χ4n) is 1.84. The summed E-state index contributed by atoms with van der Waals surface area (Å²) >= 11 is 0. The number of carbonyl (C=O) groups is 1. The Balaban J connectivity index is 3.12. The Labute approximate surface area is 122 Å². The zero-order chi connectivity index (χ0) is 16.0. The highest BCUT2D eigenvalue weighted by Gasteiger charge is 2.21. The van der Waals surface area contributed by atoms with Crippen LogP contribution in [-0.4, -0.2) is 25.2 Å². The zero-order valence-electron chi connectivity index (χ0n) is 12.2. The summed E-state index contributed by atoms with van der Waals surface area (Å²) in [5.74, 6) is -0.496. The lowest BCUT2D eigenvalue weighted by Gasteiger charge is -2.20. The molecule has 0 aromatic heterocycles. The van der Waals surface area contributed by atoms with Gasteiger partial charge in [-0.05, 0) is 38.5 Å². The molecule has 7 heteroatoms. The van der Waals surface area contributed by atoms with Gasteiger partial charge in [-0.3, -0.25) is 10.1 Å². The highest BCUT2D eigenvalue weighted by atomic mass is 19.3. The Morgan fingerprint density at radius 2 is 2.00 bits per heavy atom. The van der Waals surface area contributed by atoms with E-state index in [9.17, 15) is 13.6 Å². The quantitative estimate of drug-likeness (QED) is 0.772. The maximum absolute atomic E-state index is 12.3. The Hall–Kier alpha value is -1.89. The summed E-state index contributed by atoms with van der Waals surface area (Å²) in [6, 6.07) is 3.61. The van der Waals surface area contributed by atoms with Crippen LogP contribution in [0.1, 0.15) is 32.4 Å². The normalized spacial score (nSPS) is 12.5. The van der Waals surface area contributed by atoms with Gasteiger partial charge in [0.05, 0.1) is 6.61 Å². The highest BCUT2D eigenvalue weighted by Crippen LogP contribution is 2.32. The average Bonchev–Trinajstić information content (AvgIpc) is 2.37. The number of halogens is 2. The van der Waals surface area contributed by atoms with E-state index in [1.54, 1.807) is 6.92 Å². The number of nitrogens with two attached hydrogens (primary N) is 1. The number of alkyl halides is 2. The fraction of sp³-hybridized carbons (Fsp3) is 0.500. The predicted octanol–water partition coefficient (Wildman–Crippen LogP) is 2.21. The molecule has 1 unspecified atom stereocenters. The first-order chi connectivity index (χ1) is 9.85. The van der Waals surface area contributed by atoms with Gasteiger partial charge >= 0.3 is 6.61 Å². The molecule has 0 saturated carbocycles. The van der Waals surface area contributed by atoms with Gasteiger partial charge in [-0.25, -0.2) is 0 Å². The Kier molecular flexibility index (Phi) is 6.36. The number of primary amides is 1. The molecule has 1 rings (SSSR count). The van der Waals surface area contributed by atoms with Crippen LogP contribution in [0.3, 0.4) is 0 Å². The minimum atomic E-state index is -2.95. The van der Waals surface area contributed by atoms with Gasteiger partial charge in [0.1, 0.15) is 6.04 Å². The number of nitrogens with one attached hydrogen (secondary N) is 1. The molecule has 118 valence electrons. The summed E-state index contributed by atoms with van der Waals surface area (Å²) < 4.78 is 34.3. The van der Waals surface area contributed by atoms with E-state index in [2.05, 4.69) is 10.1 Å². The Morgan fingerprint density at radius 3 is 2.48 bits per heavy atom. The number of amides is 1. The van der Waals surface area contributed by atoms with Crippen LogP contribution in [0.4, 0.5) is 8.78 Å². The van der Waals surface area contributed by atoms with Gasteiger partial charge in [0.25, 0.3) is 0 Å². The standard InChI is InChI=1S/C14H20F2N2O3/c1-4-20-11-7-9(5-6-10(11)21-14(15)16)12(13(17)19)18-8(2)3/h5-8,12,14,18H,4H2,1-3H3,(H2,17,19). The summed E-state index contributed by atoms with van der Waals surface area (Å²) in [5, 5.41) is 3.01. The molecule has 1 aromatic carbocycles. The van der Waals surface area contributed by atoms with Crippen LogP contribution >= 0.6 is 0 Å². The molecule has 0 aliphatic heterocycles. The minimum Gasteiger partial charge on any atom is -0.490 e. The van der Waals surface area contributed by atoms with Crippen molar-refractivity contribution >= 4 is 5.91 Å². The third kappa shape index (κ3) is 5.18. The molecule has 0 aliphatic rings. The van der Waals surface area contributed by atoms with E-state index in [4.69, 9.17) is 10.5 Å². The molecule has 1 amide bonds. The van der Waals surface area contributed by atoms with E-state index in [1.165, 1.54) is 18.2 Å². The van der Waals surface area contributed by atoms with E-state index in [0.29, 0.717) is 5.56 Å². The van der Waals surface area contributed by atoms with Crippen molar-refractivity contribution in [2.75, 3.05) is 6.61 Å². The van der Waals surface area contributed by atoms with Crippen molar-refractivity contribution in [2.24, 2.45) is 5.73 Å². The summed E-state index contributed by atoms with van der Waals surface area (Å²) in [7, 11) is 0. The molecule has 0 radical (unpaired) electrons. The third-order valence-corrected chi connectivity index (χ3v) is 2.60. The largest absolute Gasteiger partial charge is 0.490 e. The lowest BCUT2D eigenvalue weighted by atomic mass is 10.0. The first-order valence-electron chi connectivity index (χ1n) is 6.62. The molecule has 3 N–H and O–H groups in total. The van der Waals surface area contributed by atoms with Crippen LogP contribution in [0.25, 0.3) is 0 Å². The van der Waals surface area contributed by atoms with Crippen molar-refractivity contribution in [3.05, 3.63) is 23.8 Å². The number of hydrogen-bond acceptors (Lipinski definition) is 4. The maximum atomic E-state index is 12.3. The molecule has 0 spiro atoms. The number of benzene rings is 1. The van der Waals surface area contributed by atoms with Crippen molar-refractivity contribution in [3.8, 4) is 11.5 Å². The minimum absolute atomic E-state index is 0.0232. The lowest BCUT2D eigenvalue weighted by molar-refractivity contribution is -0.120. The van der Waals surface area contributed by atoms with Crippen LogP contribution in [0, 0.1) is 0 Å². The molecule has 0 bridgehead atoms. The second-order valence-corrected chi connectivity index (χ2v) is 4.67. The van der Waals surface area contributed by atoms with Crippen molar-refractivity contribution in [1.82, 2.24) is 5.32 Å². The van der Waals surface area contributed by atoms with Crippen LogP contribution in [0.15, 0.2) is 18.2 Å². The molecule has 0 fully saturated rings. The number of hydrogen-bond donors (Lipinski definition) is 2. The number of carbonyl (C=O) groups excluding carboxylic acids is 1. The summed E-state index contributed by atoms with van der Waals surface area (Å²) in [6.45, 7) is 2.79. The van der Waals surface area contributed by atoms with Gasteiger partial charge in [0.2, 0.25) is 5.91 Å². The first kappa shape index (κ1) is 17.2. The molecule has 5 nitrogen and oxygen atoms in total. The monoisotopic (exact) mass is 302 g/mol. The van der Waals surface area contributed by atoms with E-state index < -0.39 is 18.6 Å². The molecule has 0 heterocycles. The van der Waals surface area contributed by atoms with Gasteiger partial charge < -0.3 is 15.2 Å². The second kappa shape index (κ2) is 7.78. The fourth-order valence-corrected chi connectivity index (χ4v) is 1.84. The SMILES string of the molecule is CCOc1cc(C(NC(C)C)C(N)=O)ccc1OC(F)F. The van der Waals surface area contributed by atoms with Gasteiger partial charge in [-0.1, -0.05) is 6.07 Å². The number of ether oxygens (including phenoxy) is 2. The number of rotatable bonds is 8. The molecule has 1 aromatic rings. The Morgan fingerprint density at radius 1 is 1.33 bits per heavy atom. The van der Waals surface area contributed by atoms with Crippen molar-refractivity contribution in [1.29, 1.82) is 0 Å². The second-order valence-electron chi connectivity index (χ2n) is 4.67. The maximum Gasteiger partial charge on any atom is 0.387 e. The lowest BCUT2D eigenvalue weighted by Crippen LogP contribution is -2.37. The molecule has 0 saturated heterocycles. The third-order valence-electron chi connectivity index (χ3n) is 2.60. The van der Waals surface area contributed by atoms with Crippen LogP contribution in [0.2, 0.25) is 0 Å².